The number of thioether (sulfide) groups is 1. The molecule has 5 rings (SSSR count). The van der Waals surface area contributed by atoms with Crippen LogP contribution in [-0.4, -0.2) is 35.0 Å². The minimum Gasteiger partial charge on any atom is -0.472 e. The van der Waals surface area contributed by atoms with E-state index in [-0.39, 0.29) is 6.23 Å². The van der Waals surface area contributed by atoms with Gasteiger partial charge in [0.1, 0.15) is 5.76 Å². The average Bonchev–Trinajstić information content (AvgIpc) is 3.18. The van der Waals surface area contributed by atoms with E-state index in [2.05, 4.69) is 42.0 Å². The number of hydrogen-bond acceptors (Lipinski definition) is 4. The van der Waals surface area contributed by atoms with E-state index in [4.69, 9.17) is 8.85 Å². The fraction of sp³-hybridized carbons (Fsp3) is 0.762. The van der Waals surface area contributed by atoms with Crippen molar-refractivity contribution in [2.75, 3.05) is 6.54 Å². The van der Waals surface area contributed by atoms with Gasteiger partial charge in [-0.05, 0) is 50.4 Å². The van der Waals surface area contributed by atoms with Gasteiger partial charge in [-0.25, -0.2) is 0 Å². The molecule has 4 heterocycles. The molecule has 0 bridgehead atoms. The minimum absolute atomic E-state index is 0.287. The van der Waals surface area contributed by atoms with Crippen LogP contribution in [0.3, 0.4) is 0 Å². The maximum Gasteiger partial charge on any atom is 0.192 e. The Morgan fingerprint density at radius 2 is 2.24 bits per heavy atom. The molecule has 25 heavy (non-hydrogen) atoms. The van der Waals surface area contributed by atoms with Crippen LogP contribution in [-0.2, 0) is 4.74 Å². The summed E-state index contributed by atoms with van der Waals surface area (Å²) in [6.07, 6.45) is 7.03. The van der Waals surface area contributed by atoms with Crippen LogP contribution in [0.5, 0.6) is 0 Å². The Hall–Kier alpha value is -0.740. The first-order chi connectivity index (χ1) is 13.3. The molecule has 2 fully saturated rings. The highest BCUT2D eigenvalue weighted by Crippen LogP contribution is 2.52. The number of ether oxygens (including phenoxy) is 1. The molecular weight excluding hydrogens is 328 g/mol. The summed E-state index contributed by atoms with van der Waals surface area (Å²) in [5, 5.41) is 4.93. The van der Waals surface area contributed by atoms with Crippen molar-refractivity contribution >= 4 is 17.5 Å². The van der Waals surface area contributed by atoms with Crippen LogP contribution in [0.1, 0.15) is 56.9 Å². The van der Waals surface area contributed by atoms with Crippen LogP contribution in [0.25, 0.3) is 0 Å². The molecule has 0 aromatic heterocycles. The molecule has 4 heteroatoms. The lowest BCUT2D eigenvalue weighted by molar-refractivity contribution is 0.128. The van der Waals surface area contributed by atoms with Crippen molar-refractivity contribution in [2.45, 2.75) is 75.6 Å². The molecule has 7 atom stereocenters. The van der Waals surface area contributed by atoms with E-state index in [1.54, 1.807) is 5.57 Å². The summed E-state index contributed by atoms with van der Waals surface area (Å²) in [7, 11) is 0. The van der Waals surface area contributed by atoms with Gasteiger partial charge in [-0.3, -0.25) is 4.99 Å². The second-order valence-corrected chi connectivity index (χ2v) is 9.84. The monoisotopic (exact) mass is 361 g/mol. The molecule has 0 spiro atoms. The molecule has 0 aromatic carbocycles. The van der Waals surface area contributed by atoms with Gasteiger partial charge in [-0.2, -0.15) is 0 Å². The third-order valence-electron chi connectivity index (χ3n) is 7.02. The van der Waals surface area contributed by atoms with E-state index >= 15 is 0 Å². The Kier molecular flexibility index (Phi) is 3.31. The number of nitrogens with zero attached hydrogens (tertiary/aromatic N) is 1. The minimum atomic E-state index is -2.09. The lowest BCUT2D eigenvalue weighted by Gasteiger charge is -2.35. The maximum atomic E-state index is 7.71. The SMILES string of the molecule is [2H]C([2H])([2H])C1=NC2OC3=C([C@@H]4NCC=C5[C@H](C)[C@H](C)S[C@@H]54)CCC[C@H]3C2CC1. The number of rotatable bonds is 1. The van der Waals surface area contributed by atoms with Crippen molar-refractivity contribution in [3.8, 4) is 0 Å². The summed E-state index contributed by atoms with van der Waals surface area (Å²) in [5.41, 5.74) is 3.40. The maximum absolute atomic E-state index is 7.71. The summed E-state index contributed by atoms with van der Waals surface area (Å²) in [5.74, 6) is 2.57. The van der Waals surface area contributed by atoms with E-state index in [9.17, 15) is 0 Å². The smallest absolute Gasteiger partial charge is 0.192 e. The van der Waals surface area contributed by atoms with E-state index < -0.39 is 6.85 Å². The van der Waals surface area contributed by atoms with E-state index in [1.165, 1.54) is 12.0 Å². The predicted molar refractivity (Wildman–Crippen MR) is 105 cm³/mol. The lowest BCUT2D eigenvalue weighted by Crippen LogP contribution is -2.44. The molecule has 2 unspecified atom stereocenters. The van der Waals surface area contributed by atoms with Gasteiger partial charge in [0, 0.05) is 44.7 Å². The Bertz CT molecular complexity index is 759. The van der Waals surface area contributed by atoms with Gasteiger partial charge in [-0.1, -0.05) is 25.5 Å². The largest absolute Gasteiger partial charge is 0.472 e. The highest BCUT2D eigenvalue weighted by molar-refractivity contribution is 8.01. The molecule has 0 radical (unpaired) electrons. The van der Waals surface area contributed by atoms with Crippen molar-refractivity contribution in [3.63, 3.8) is 0 Å². The molecule has 0 saturated carbocycles. The number of fused-ring (bicyclic) bond motifs is 4. The van der Waals surface area contributed by atoms with Crippen molar-refractivity contribution < 1.29 is 8.85 Å². The van der Waals surface area contributed by atoms with Gasteiger partial charge < -0.3 is 10.1 Å². The number of hydrogen-bond donors (Lipinski definition) is 1. The number of allylic oxidation sites excluding steroid dienone is 1. The summed E-state index contributed by atoms with van der Waals surface area (Å²) in [6.45, 7) is 3.55. The van der Waals surface area contributed by atoms with E-state index in [0.29, 0.717) is 46.4 Å². The third-order valence-corrected chi connectivity index (χ3v) is 8.69. The summed E-state index contributed by atoms with van der Waals surface area (Å²) in [6, 6.07) is 0.349. The lowest BCUT2D eigenvalue weighted by atomic mass is 9.75. The zero-order valence-corrected chi connectivity index (χ0v) is 15.9. The van der Waals surface area contributed by atoms with Crippen molar-refractivity contribution in [3.05, 3.63) is 23.0 Å². The summed E-state index contributed by atoms with van der Waals surface area (Å²) < 4.78 is 29.6. The van der Waals surface area contributed by atoms with Crippen LogP contribution in [0.4, 0.5) is 0 Å². The standard InChI is InChI=1S/C21H30N2OS/c1-11-7-8-16-15-5-4-6-17(19(15)24-21(16)23-11)18-20-14(9-10-22-18)12(2)13(3)25-20/h9,12-13,15-16,18,20-22H,4-8,10H2,1-3H3/t12-,13+,15+,16?,18+,20+,21?/m1/s1/i1D3. The van der Waals surface area contributed by atoms with Gasteiger partial charge in [-0.15, -0.1) is 11.8 Å². The van der Waals surface area contributed by atoms with Crippen molar-refractivity contribution in [2.24, 2.45) is 22.7 Å². The molecule has 5 aliphatic rings. The Balaban J connectivity index is 1.47. The highest BCUT2D eigenvalue weighted by Gasteiger charge is 2.48. The summed E-state index contributed by atoms with van der Waals surface area (Å²) in [4.78, 5) is 4.57. The third kappa shape index (κ3) is 2.55. The van der Waals surface area contributed by atoms with Gasteiger partial charge in [0.2, 0.25) is 0 Å². The van der Waals surface area contributed by atoms with Crippen LogP contribution in [0.15, 0.2) is 28.0 Å². The van der Waals surface area contributed by atoms with Gasteiger partial charge in [0.15, 0.2) is 6.23 Å². The van der Waals surface area contributed by atoms with Crippen molar-refractivity contribution in [1.82, 2.24) is 5.32 Å². The molecule has 2 saturated heterocycles. The molecule has 0 amide bonds. The molecule has 136 valence electrons. The molecule has 3 nitrogen and oxygen atoms in total. The fourth-order valence-corrected chi connectivity index (χ4v) is 7.28. The van der Waals surface area contributed by atoms with Gasteiger partial charge in [0.05, 0.1) is 0 Å². The average molecular weight is 362 g/mol. The Labute approximate surface area is 160 Å². The Morgan fingerprint density at radius 3 is 3.12 bits per heavy atom. The molecule has 1 aliphatic carbocycles. The molecule has 4 aliphatic heterocycles. The predicted octanol–water partition coefficient (Wildman–Crippen LogP) is 4.31. The topological polar surface area (TPSA) is 33.6 Å². The number of nitrogens with one attached hydrogen (secondary N) is 1. The van der Waals surface area contributed by atoms with E-state index in [1.807, 2.05) is 0 Å². The second-order valence-electron chi connectivity index (χ2n) is 8.32. The van der Waals surface area contributed by atoms with Crippen LogP contribution >= 0.6 is 11.8 Å². The molecule has 0 aromatic rings. The normalized spacial score (nSPS) is 48.2. The molecular formula is C21H30N2OS. The zero-order valence-electron chi connectivity index (χ0n) is 18.1. The van der Waals surface area contributed by atoms with Crippen LogP contribution in [0.2, 0.25) is 0 Å². The second kappa shape index (κ2) is 6.16. The Morgan fingerprint density at radius 1 is 1.32 bits per heavy atom. The van der Waals surface area contributed by atoms with Gasteiger partial charge in [0.25, 0.3) is 0 Å². The van der Waals surface area contributed by atoms with E-state index in [0.717, 1.165) is 31.6 Å². The quantitative estimate of drug-likeness (QED) is 0.707. The van der Waals surface area contributed by atoms with Gasteiger partial charge >= 0.3 is 0 Å². The van der Waals surface area contributed by atoms with Crippen LogP contribution < -0.4 is 5.32 Å². The summed E-state index contributed by atoms with van der Waals surface area (Å²) >= 11 is 2.10. The molecule has 1 N–H and O–H groups in total. The highest BCUT2D eigenvalue weighted by atomic mass is 32.2. The van der Waals surface area contributed by atoms with Crippen LogP contribution in [0, 0.1) is 17.8 Å². The fourth-order valence-electron chi connectivity index (χ4n) is 5.54. The number of aliphatic imine (C=N–C) groups is 1. The first-order valence-electron chi connectivity index (χ1n) is 11.4. The zero-order chi connectivity index (χ0) is 19.6. The van der Waals surface area contributed by atoms with Crippen molar-refractivity contribution in [1.29, 1.82) is 0 Å². The first-order valence-corrected chi connectivity index (χ1v) is 10.8. The first kappa shape index (κ1) is 13.4.